The molecule has 1 amide bonds. The molecule has 0 saturated carbocycles. The summed E-state index contributed by atoms with van der Waals surface area (Å²) in [6.45, 7) is 2.54. The van der Waals surface area contributed by atoms with Crippen LogP contribution in [0.1, 0.15) is 17.3 Å². The first-order valence-electron chi connectivity index (χ1n) is 9.25. The lowest BCUT2D eigenvalue weighted by Crippen LogP contribution is -2.38. The Morgan fingerprint density at radius 3 is 2.68 bits per heavy atom. The van der Waals surface area contributed by atoms with E-state index in [0.29, 0.717) is 28.7 Å². The van der Waals surface area contributed by atoms with Gasteiger partial charge >= 0.3 is 0 Å². The minimum Gasteiger partial charge on any atom is -0.350 e. The summed E-state index contributed by atoms with van der Waals surface area (Å²) in [5.74, 6) is -0.238. The highest BCUT2D eigenvalue weighted by molar-refractivity contribution is 6.07. The van der Waals surface area contributed by atoms with E-state index in [2.05, 4.69) is 5.32 Å². The van der Waals surface area contributed by atoms with E-state index in [-0.39, 0.29) is 17.5 Å². The van der Waals surface area contributed by atoms with E-state index >= 15 is 0 Å². The van der Waals surface area contributed by atoms with Gasteiger partial charge in [0.15, 0.2) is 5.65 Å². The lowest BCUT2D eigenvalue weighted by Gasteiger charge is -2.20. The second-order valence-electron chi connectivity index (χ2n) is 7.24. The van der Waals surface area contributed by atoms with Crippen molar-refractivity contribution in [2.45, 2.75) is 13.0 Å². The van der Waals surface area contributed by atoms with Gasteiger partial charge < -0.3 is 10.2 Å². The van der Waals surface area contributed by atoms with Gasteiger partial charge in [0.1, 0.15) is 0 Å². The van der Waals surface area contributed by atoms with Crippen LogP contribution in [0.2, 0.25) is 0 Å². The Hall–Kier alpha value is -3.25. The van der Waals surface area contributed by atoms with Gasteiger partial charge in [-0.05, 0) is 44.6 Å². The maximum atomic E-state index is 13.0. The highest BCUT2D eigenvalue weighted by Gasteiger charge is 2.16. The first kappa shape index (κ1) is 18.1. The van der Waals surface area contributed by atoms with Crippen LogP contribution >= 0.6 is 0 Å². The number of hydrogen-bond donors (Lipinski definition) is 1. The maximum Gasteiger partial charge on any atom is 0.265 e. The number of benzene rings is 2. The Balaban J connectivity index is 1.90. The van der Waals surface area contributed by atoms with Crippen LogP contribution in [0.5, 0.6) is 0 Å². The second kappa shape index (κ2) is 7.05. The van der Waals surface area contributed by atoms with Crippen molar-refractivity contribution in [1.82, 2.24) is 19.6 Å². The molecule has 142 valence electrons. The molecule has 1 N–H and O–H groups in total. The third-order valence-electron chi connectivity index (χ3n) is 5.22. The average molecular weight is 374 g/mol. The molecule has 0 radical (unpaired) electrons. The van der Waals surface area contributed by atoms with Crippen LogP contribution in [-0.4, -0.2) is 46.9 Å². The molecule has 2 aromatic carbocycles. The van der Waals surface area contributed by atoms with Gasteiger partial charge in [-0.3, -0.25) is 14.0 Å². The van der Waals surface area contributed by atoms with Crippen molar-refractivity contribution in [3.63, 3.8) is 0 Å². The Kier molecular flexibility index (Phi) is 4.57. The number of nitrogens with one attached hydrogen (secondary N) is 1. The quantitative estimate of drug-likeness (QED) is 0.441. The molecular weight excluding hydrogens is 352 g/mol. The Morgan fingerprint density at radius 1 is 1.11 bits per heavy atom. The van der Waals surface area contributed by atoms with Crippen molar-refractivity contribution in [2.24, 2.45) is 0 Å². The molecule has 0 saturated heterocycles. The molecule has 0 aliphatic rings. The van der Waals surface area contributed by atoms with Crippen molar-refractivity contribution in [1.29, 1.82) is 0 Å². The van der Waals surface area contributed by atoms with Crippen molar-refractivity contribution >= 4 is 33.2 Å². The van der Waals surface area contributed by atoms with Crippen LogP contribution in [0.25, 0.3) is 27.3 Å². The third kappa shape index (κ3) is 3.01. The van der Waals surface area contributed by atoms with E-state index in [4.69, 9.17) is 4.98 Å². The molecule has 6 nitrogen and oxygen atoms in total. The largest absolute Gasteiger partial charge is 0.350 e. The van der Waals surface area contributed by atoms with Gasteiger partial charge in [-0.15, -0.1) is 0 Å². The number of nitrogens with zero attached hydrogens (tertiary/aromatic N) is 3. The molecule has 2 heterocycles. The molecular formula is C22H22N4O2. The fourth-order valence-electron chi connectivity index (χ4n) is 3.26. The van der Waals surface area contributed by atoms with Crippen molar-refractivity contribution in [3.8, 4) is 0 Å². The molecule has 28 heavy (non-hydrogen) atoms. The topological polar surface area (TPSA) is 66.7 Å². The fraction of sp³-hybridized carbons (Fsp3) is 0.227. The van der Waals surface area contributed by atoms with E-state index in [1.807, 2.05) is 56.3 Å². The van der Waals surface area contributed by atoms with E-state index in [0.717, 1.165) is 10.8 Å². The summed E-state index contributed by atoms with van der Waals surface area (Å²) in [6, 6.07) is 15.1. The van der Waals surface area contributed by atoms with Crippen LogP contribution in [0.4, 0.5) is 0 Å². The Labute approximate surface area is 162 Å². The van der Waals surface area contributed by atoms with Gasteiger partial charge in [0.05, 0.1) is 16.5 Å². The fourth-order valence-corrected chi connectivity index (χ4v) is 3.26. The minimum absolute atomic E-state index is 0.179. The van der Waals surface area contributed by atoms with Gasteiger partial charge in [-0.2, -0.15) is 0 Å². The van der Waals surface area contributed by atoms with Crippen molar-refractivity contribution < 1.29 is 4.79 Å². The normalized spacial score (nSPS) is 12.7. The predicted molar refractivity (Wildman–Crippen MR) is 112 cm³/mol. The van der Waals surface area contributed by atoms with Gasteiger partial charge in [0, 0.05) is 24.2 Å². The zero-order chi connectivity index (χ0) is 19.8. The SMILES string of the molecule is C[C@H](CNC(=O)c1cccn2c(=O)c3ccc4ccccc4c3nc12)N(C)C. The Bertz CT molecular complexity index is 1260. The summed E-state index contributed by atoms with van der Waals surface area (Å²) >= 11 is 0. The monoisotopic (exact) mass is 374 g/mol. The number of fused-ring (bicyclic) bond motifs is 4. The highest BCUT2D eigenvalue weighted by atomic mass is 16.2. The zero-order valence-corrected chi connectivity index (χ0v) is 16.1. The summed E-state index contributed by atoms with van der Waals surface area (Å²) in [6.07, 6.45) is 1.65. The molecule has 4 rings (SSSR count). The lowest BCUT2D eigenvalue weighted by atomic mass is 10.1. The smallest absolute Gasteiger partial charge is 0.265 e. The number of amides is 1. The summed E-state index contributed by atoms with van der Waals surface area (Å²) < 4.78 is 1.45. The molecule has 0 aliphatic carbocycles. The number of likely N-dealkylation sites (N-methyl/N-ethyl adjacent to an activating group) is 1. The minimum atomic E-state index is -0.238. The first-order chi connectivity index (χ1) is 13.5. The van der Waals surface area contributed by atoms with Crippen molar-refractivity contribution in [2.75, 3.05) is 20.6 Å². The van der Waals surface area contributed by atoms with Gasteiger partial charge in [0.2, 0.25) is 0 Å². The predicted octanol–water partition coefficient (Wildman–Crippen LogP) is 2.68. The Morgan fingerprint density at radius 2 is 1.89 bits per heavy atom. The summed E-state index contributed by atoms with van der Waals surface area (Å²) in [5.41, 5.74) is 1.19. The van der Waals surface area contributed by atoms with Crippen LogP contribution in [-0.2, 0) is 0 Å². The lowest BCUT2D eigenvalue weighted by molar-refractivity contribution is 0.0944. The van der Waals surface area contributed by atoms with Gasteiger partial charge in [0.25, 0.3) is 11.5 Å². The third-order valence-corrected chi connectivity index (χ3v) is 5.22. The molecule has 2 aromatic heterocycles. The molecule has 0 unspecified atom stereocenters. The first-order valence-corrected chi connectivity index (χ1v) is 9.25. The standard InChI is InChI=1S/C22H22N4O2/c1-14(25(2)3)13-23-21(27)18-9-6-12-26-20(18)24-19-16-8-5-4-7-15(16)10-11-17(19)22(26)28/h4-12,14H,13H2,1-3H3,(H,23,27)/t14-/m1/s1. The molecule has 0 fully saturated rings. The van der Waals surface area contributed by atoms with E-state index in [1.165, 1.54) is 4.40 Å². The van der Waals surface area contributed by atoms with Crippen LogP contribution < -0.4 is 10.9 Å². The molecule has 0 bridgehead atoms. The summed E-state index contributed by atoms with van der Waals surface area (Å²) in [7, 11) is 3.93. The average Bonchev–Trinajstić information content (AvgIpc) is 2.71. The zero-order valence-electron chi connectivity index (χ0n) is 16.1. The molecule has 0 spiro atoms. The molecule has 1 atom stereocenters. The highest BCUT2D eigenvalue weighted by Crippen LogP contribution is 2.23. The van der Waals surface area contributed by atoms with Gasteiger partial charge in [-0.25, -0.2) is 4.98 Å². The van der Waals surface area contributed by atoms with Crippen LogP contribution in [0, 0.1) is 0 Å². The van der Waals surface area contributed by atoms with E-state index < -0.39 is 0 Å². The number of hydrogen-bond acceptors (Lipinski definition) is 4. The van der Waals surface area contributed by atoms with E-state index in [9.17, 15) is 9.59 Å². The second-order valence-corrected chi connectivity index (χ2v) is 7.24. The number of aromatic nitrogens is 2. The molecule has 0 aliphatic heterocycles. The van der Waals surface area contributed by atoms with Crippen LogP contribution in [0.15, 0.2) is 59.5 Å². The van der Waals surface area contributed by atoms with Crippen LogP contribution in [0.3, 0.4) is 0 Å². The van der Waals surface area contributed by atoms with Crippen molar-refractivity contribution in [3.05, 3.63) is 70.6 Å². The molecule has 4 aromatic rings. The number of pyridine rings is 1. The molecule has 6 heteroatoms. The summed E-state index contributed by atoms with van der Waals surface area (Å²) in [4.78, 5) is 32.6. The number of rotatable bonds is 4. The number of carbonyl (C=O) groups is 1. The van der Waals surface area contributed by atoms with E-state index in [1.54, 1.807) is 24.4 Å². The summed E-state index contributed by atoms with van der Waals surface area (Å²) in [5, 5.41) is 5.38. The van der Waals surface area contributed by atoms with Gasteiger partial charge in [-0.1, -0.05) is 30.3 Å². The maximum absolute atomic E-state index is 13.0. The number of carbonyl (C=O) groups excluding carboxylic acids is 1.